The van der Waals surface area contributed by atoms with Crippen LogP contribution in [0.1, 0.15) is 11.1 Å². The van der Waals surface area contributed by atoms with Crippen LogP contribution in [0.15, 0.2) is 18.2 Å². The predicted molar refractivity (Wildman–Crippen MR) is 43.9 cm³/mol. The third-order valence-electron chi connectivity index (χ3n) is 1.55. The van der Waals surface area contributed by atoms with E-state index in [1.165, 1.54) is 18.2 Å². The molecular formula is C9H9FN2. The lowest BCUT2D eigenvalue weighted by atomic mass is 10.1. The topological polar surface area (TPSA) is 35.8 Å². The number of nitrogens with one attached hydrogen (secondary N) is 1. The second kappa shape index (κ2) is 3.84. The van der Waals surface area contributed by atoms with E-state index >= 15 is 0 Å². The van der Waals surface area contributed by atoms with Crippen molar-refractivity contribution in [3.8, 4) is 6.07 Å². The number of halogens is 1. The van der Waals surface area contributed by atoms with E-state index in [4.69, 9.17) is 5.26 Å². The van der Waals surface area contributed by atoms with E-state index in [1.54, 1.807) is 7.05 Å². The van der Waals surface area contributed by atoms with E-state index in [2.05, 4.69) is 5.32 Å². The summed E-state index contributed by atoms with van der Waals surface area (Å²) in [5.74, 6) is -0.306. The van der Waals surface area contributed by atoms with Crippen LogP contribution >= 0.6 is 0 Å². The van der Waals surface area contributed by atoms with E-state index in [0.29, 0.717) is 17.7 Å². The molecule has 0 saturated heterocycles. The van der Waals surface area contributed by atoms with Crippen molar-refractivity contribution in [1.29, 1.82) is 5.26 Å². The first-order valence-electron chi connectivity index (χ1n) is 3.61. The van der Waals surface area contributed by atoms with E-state index in [1.807, 2.05) is 6.07 Å². The fourth-order valence-electron chi connectivity index (χ4n) is 1.01. The van der Waals surface area contributed by atoms with Crippen LogP contribution in [0.3, 0.4) is 0 Å². The highest BCUT2D eigenvalue weighted by Crippen LogP contribution is 2.09. The SMILES string of the molecule is CNCc1cc(F)ccc1C#N. The van der Waals surface area contributed by atoms with Gasteiger partial charge < -0.3 is 5.32 Å². The van der Waals surface area contributed by atoms with Crippen LogP contribution in [0, 0.1) is 17.1 Å². The van der Waals surface area contributed by atoms with E-state index < -0.39 is 0 Å². The van der Waals surface area contributed by atoms with E-state index in [0.717, 1.165) is 0 Å². The highest BCUT2D eigenvalue weighted by molar-refractivity contribution is 5.37. The Morgan fingerprint density at radius 3 is 2.92 bits per heavy atom. The summed E-state index contributed by atoms with van der Waals surface area (Å²) in [6, 6.07) is 6.15. The summed E-state index contributed by atoms with van der Waals surface area (Å²) in [7, 11) is 1.76. The van der Waals surface area contributed by atoms with Crippen molar-refractivity contribution in [3.63, 3.8) is 0 Å². The zero-order valence-corrected chi connectivity index (χ0v) is 6.76. The molecule has 0 atom stereocenters. The number of benzene rings is 1. The molecule has 0 bridgehead atoms. The molecule has 3 heteroatoms. The summed E-state index contributed by atoms with van der Waals surface area (Å²) >= 11 is 0. The third-order valence-corrected chi connectivity index (χ3v) is 1.55. The molecule has 0 aliphatic carbocycles. The lowest BCUT2D eigenvalue weighted by Gasteiger charge is -2.01. The van der Waals surface area contributed by atoms with Gasteiger partial charge in [-0.1, -0.05) is 0 Å². The second-order valence-electron chi connectivity index (χ2n) is 2.44. The van der Waals surface area contributed by atoms with Crippen LogP contribution in [-0.2, 0) is 6.54 Å². The van der Waals surface area contributed by atoms with Gasteiger partial charge in [0.2, 0.25) is 0 Å². The Hall–Kier alpha value is -1.40. The molecule has 1 aromatic rings. The van der Waals surface area contributed by atoms with Gasteiger partial charge in [-0.25, -0.2) is 4.39 Å². The number of hydrogen-bond acceptors (Lipinski definition) is 2. The van der Waals surface area contributed by atoms with Gasteiger partial charge in [-0.2, -0.15) is 5.26 Å². The third kappa shape index (κ3) is 1.80. The maximum absolute atomic E-state index is 12.7. The minimum atomic E-state index is -0.306. The summed E-state index contributed by atoms with van der Waals surface area (Å²) in [6.07, 6.45) is 0. The van der Waals surface area contributed by atoms with E-state index in [-0.39, 0.29) is 5.82 Å². The van der Waals surface area contributed by atoms with Crippen LogP contribution in [0.5, 0.6) is 0 Å². The smallest absolute Gasteiger partial charge is 0.123 e. The van der Waals surface area contributed by atoms with Crippen LogP contribution in [-0.4, -0.2) is 7.05 Å². The molecule has 0 aliphatic heterocycles. The quantitative estimate of drug-likeness (QED) is 0.717. The standard InChI is InChI=1S/C9H9FN2/c1-12-6-8-4-9(10)3-2-7(8)5-11/h2-4,12H,6H2,1H3. The molecule has 2 nitrogen and oxygen atoms in total. The number of hydrogen-bond donors (Lipinski definition) is 1. The molecule has 1 aromatic carbocycles. The van der Waals surface area contributed by atoms with Crippen molar-refractivity contribution in [3.05, 3.63) is 35.1 Å². The highest BCUT2D eigenvalue weighted by Gasteiger charge is 2.01. The van der Waals surface area contributed by atoms with Gasteiger partial charge in [-0.3, -0.25) is 0 Å². The molecular weight excluding hydrogens is 155 g/mol. The molecule has 0 amide bonds. The molecule has 1 rings (SSSR count). The lowest BCUT2D eigenvalue weighted by Crippen LogP contribution is -2.07. The minimum Gasteiger partial charge on any atom is -0.316 e. The Kier molecular flexibility index (Phi) is 2.78. The minimum absolute atomic E-state index is 0.306. The van der Waals surface area contributed by atoms with Gasteiger partial charge in [0.15, 0.2) is 0 Å². The molecule has 0 unspecified atom stereocenters. The fourth-order valence-corrected chi connectivity index (χ4v) is 1.01. The molecule has 12 heavy (non-hydrogen) atoms. The summed E-state index contributed by atoms with van der Waals surface area (Å²) in [4.78, 5) is 0. The van der Waals surface area contributed by atoms with Crippen LogP contribution in [0.2, 0.25) is 0 Å². The van der Waals surface area contributed by atoms with Crippen molar-refractivity contribution in [2.45, 2.75) is 6.54 Å². The Morgan fingerprint density at radius 2 is 2.33 bits per heavy atom. The second-order valence-corrected chi connectivity index (χ2v) is 2.44. The number of nitrogens with zero attached hydrogens (tertiary/aromatic N) is 1. The van der Waals surface area contributed by atoms with Gasteiger partial charge in [0.1, 0.15) is 5.82 Å². The summed E-state index contributed by atoms with van der Waals surface area (Å²) in [5, 5.41) is 11.5. The van der Waals surface area contributed by atoms with E-state index in [9.17, 15) is 4.39 Å². The molecule has 62 valence electrons. The Labute approximate surface area is 70.6 Å². The van der Waals surface area contributed by atoms with Crippen molar-refractivity contribution in [1.82, 2.24) is 5.32 Å². The molecule has 0 saturated carbocycles. The van der Waals surface area contributed by atoms with Crippen LogP contribution < -0.4 is 5.32 Å². The van der Waals surface area contributed by atoms with Crippen molar-refractivity contribution in [2.24, 2.45) is 0 Å². The van der Waals surface area contributed by atoms with Crippen LogP contribution in [0.25, 0.3) is 0 Å². The van der Waals surface area contributed by atoms with Crippen molar-refractivity contribution < 1.29 is 4.39 Å². The van der Waals surface area contributed by atoms with Gasteiger partial charge >= 0.3 is 0 Å². The van der Waals surface area contributed by atoms with Crippen molar-refractivity contribution in [2.75, 3.05) is 7.05 Å². The largest absolute Gasteiger partial charge is 0.316 e. The summed E-state index contributed by atoms with van der Waals surface area (Å²) in [5.41, 5.74) is 1.21. The molecule has 0 aliphatic rings. The Balaban J connectivity index is 3.06. The first-order chi connectivity index (χ1) is 5.77. The first-order valence-corrected chi connectivity index (χ1v) is 3.61. The monoisotopic (exact) mass is 164 g/mol. The van der Waals surface area contributed by atoms with Crippen LogP contribution in [0.4, 0.5) is 4.39 Å². The Morgan fingerprint density at radius 1 is 1.58 bits per heavy atom. The van der Waals surface area contributed by atoms with Gasteiger partial charge in [0, 0.05) is 6.54 Å². The molecule has 0 radical (unpaired) electrons. The molecule has 0 spiro atoms. The first kappa shape index (κ1) is 8.69. The molecule has 1 N–H and O–H groups in total. The zero-order chi connectivity index (χ0) is 8.97. The maximum Gasteiger partial charge on any atom is 0.123 e. The molecule has 0 aromatic heterocycles. The zero-order valence-electron chi connectivity index (χ0n) is 6.76. The summed E-state index contributed by atoms with van der Waals surface area (Å²) < 4.78 is 12.7. The van der Waals surface area contributed by atoms with Gasteiger partial charge in [-0.05, 0) is 30.8 Å². The highest BCUT2D eigenvalue weighted by atomic mass is 19.1. The molecule has 0 heterocycles. The predicted octanol–water partition coefficient (Wildman–Crippen LogP) is 1.42. The average molecular weight is 164 g/mol. The Bertz CT molecular complexity index is 315. The maximum atomic E-state index is 12.7. The normalized spacial score (nSPS) is 9.42. The fraction of sp³-hybridized carbons (Fsp3) is 0.222. The lowest BCUT2D eigenvalue weighted by molar-refractivity contribution is 0.623. The van der Waals surface area contributed by atoms with Gasteiger partial charge in [-0.15, -0.1) is 0 Å². The molecule has 0 fully saturated rings. The van der Waals surface area contributed by atoms with Gasteiger partial charge in [0.05, 0.1) is 11.6 Å². The summed E-state index contributed by atoms with van der Waals surface area (Å²) in [6.45, 7) is 0.515. The number of rotatable bonds is 2. The van der Waals surface area contributed by atoms with Crippen molar-refractivity contribution >= 4 is 0 Å². The number of nitriles is 1. The average Bonchev–Trinajstić information content (AvgIpc) is 2.05. The van der Waals surface area contributed by atoms with Gasteiger partial charge in [0.25, 0.3) is 0 Å².